The fraction of sp³-hybridized carbons (Fsp3) is 0.722. The summed E-state index contributed by atoms with van der Waals surface area (Å²) >= 11 is 1.65. The number of carboxylic acids is 1. The molecule has 1 N–H and O–H groups in total. The van der Waals surface area contributed by atoms with Gasteiger partial charge >= 0.3 is 12.1 Å². The lowest BCUT2D eigenvalue weighted by Gasteiger charge is -2.39. The lowest BCUT2D eigenvalue weighted by molar-refractivity contribution is -0.192. The fourth-order valence-electron chi connectivity index (χ4n) is 3.60. The van der Waals surface area contributed by atoms with Crippen LogP contribution in [0.3, 0.4) is 0 Å². The third-order valence-corrected chi connectivity index (χ3v) is 5.92. The number of morpholine rings is 1. The number of hydrogen-bond donors (Lipinski definition) is 1. The van der Waals surface area contributed by atoms with Gasteiger partial charge in [0.05, 0.1) is 36.1 Å². The van der Waals surface area contributed by atoms with Crippen molar-refractivity contribution in [2.45, 2.75) is 63.6 Å². The molecule has 2 saturated carbocycles. The minimum Gasteiger partial charge on any atom is -0.475 e. The Kier molecular flexibility index (Phi) is 6.79. The summed E-state index contributed by atoms with van der Waals surface area (Å²) < 4.78 is 43.7. The minimum atomic E-state index is -5.08. The van der Waals surface area contributed by atoms with E-state index in [0.29, 0.717) is 19.1 Å². The van der Waals surface area contributed by atoms with Crippen LogP contribution in [0.2, 0.25) is 0 Å². The zero-order chi connectivity index (χ0) is 21.2. The third-order valence-electron chi connectivity index (χ3n) is 5.10. The molecule has 162 valence electrons. The molecule has 3 fully saturated rings. The molecule has 2 heterocycles. The lowest BCUT2D eigenvalue weighted by Crippen LogP contribution is -2.54. The lowest BCUT2D eigenvalue weighted by atomic mass is 10.1. The number of carbonyl (C=O) groups is 2. The molecule has 1 saturated heterocycles. The van der Waals surface area contributed by atoms with Crippen molar-refractivity contribution in [3.63, 3.8) is 0 Å². The number of nitrogens with zero attached hydrogens (tertiary/aromatic N) is 2. The van der Waals surface area contributed by atoms with E-state index in [-0.39, 0.29) is 24.2 Å². The number of aromatic nitrogens is 1. The molecule has 11 heteroatoms. The molecule has 4 rings (SSSR count). The van der Waals surface area contributed by atoms with Gasteiger partial charge in [0, 0.05) is 17.8 Å². The average molecular weight is 436 g/mol. The van der Waals surface area contributed by atoms with E-state index in [2.05, 4.69) is 9.88 Å². The first kappa shape index (κ1) is 22.0. The first-order chi connectivity index (χ1) is 13.7. The Morgan fingerprint density at radius 1 is 1.34 bits per heavy atom. The van der Waals surface area contributed by atoms with Crippen LogP contribution in [0.1, 0.15) is 36.4 Å². The summed E-state index contributed by atoms with van der Waals surface area (Å²) in [5.41, 5.74) is 0.993. The Labute approximate surface area is 169 Å². The van der Waals surface area contributed by atoms with Gasteiger partial charge in [-0.25, -0.2) is 9.78 Å². The maximum atomic E-state index is 12.4. The van der Waals surface area contributed by atoms with Crippen LogP contribution in [0, 0.1) is 12.8 Å². The van der Waals surface area contributed by atoms with Crippen LogP contribution in [-0.2, 0) is 25.7 Å². The highest BCUT2D eigenvalue weighted by Gasteiger charge is 2.47. The quantitative estimate of drug-likeness (QED) is 0.781. The molecule has 1 aliphatic heterocycles. The normalized spacial score (nSPS) is 26.5. The Bertz CT molecular complexity index is 737. The first-order valence-corrected chi connectivity index (χ1v) is 10.3. The van der Waals surface area contributed by atoms with Crippen LogP contribution < -0.4 is 0 Å². The molecule has 29 heavy (non-hydrogen) atoms. The molecule has 1 aromatic rings. The van der Waals surface area contributed by atoms with E-state index in [1.165, 1.54) is 0 Å². The minimum absolute atomic E-state index is 0.0381. The van der Waals surface area contributed by atoms with Crippen molar-refractivity contribution in [1.82, 2.24) is 9.88 Å². The maximum absolute atomic E-state index is 12.4. The number of fused-ring (bicyclic) bond motifs is 1. The van der Waals surface area contributed by atoms with E-state index in [1.807, 2.05) is 12.3 Å². The monoisotopic (exact) mass is 436 g/mol. The van der Waals surface area contributed by atoms with E-state index in [0.717, 1.165) is 42.9 Å². The van der Waals surface area contributed by atoms with Crippen LogP contribution >= 0.6 is 11.3 Å². The highest BCUT2D eigenvalue weighted by atomic mass is 32.1. The van der Waals surface area contributed by atoms with E-state index >= 15 is 0 Å². The van der Waals surface area contributed by atoms with Gasteiger partial charge in [-0.15, -0.1) is 11.3 Å². The predicted molar refractivity (Wildman–Crippen MR) is 96.3 cm³/mol. The summed E-state index contributed by atoms with van der Waals surface area (Å²) in [5.74, 6) is -2.13. The van der Waals surface area contributed by atoms with Gasteiger partial charge in [-0.2, -0.15) is 13.2 Å². The van der Waals surface area contributed by atoms with E-state index in [4.69, 9.17) is 19.4 Å². The van der Waals surface area contributed by atoms with Crippen LogP contribution in [-0.4, -0.2) is 64.4 Å². The number of hydrogen-bond acceptors (Lipinski definition) is 6. The largest absolute Gasteiger partial charge is 0.490 e. The standard InChI is InChI=1S/C16H22N2O3S.C2HF3O2/c1-10-17-12(9-22-10)8-21-14-5-4-13-15(14)20-7-6-18(13)16(19)11-2-3-11;3-2(4,5)1(6)7/h9,11,13-15H,2-8H2,1H3;(H,6,7)/t13-,14+,15+;/m0./s1. The average Bonchev–Trinajstić information content (AvgIpc) is 3.30. The molecule has 0 aromatic carbocycles. The SMILES string of the molecule is Cc1nc(CO[C@@H]2CC[C@H]3[C@H]2OCCN3C(=O)C2CC2)cs1.O=C(O)C(F)(F)F. The van der Waals surface area contributed by atoms with Crippen LogP contribution in [0.4, 0.5) is 13.2 Å². The van der Waals surface area contributed by atoms with E-state index in [9.17, 15) is 18.0 Å². The van der Waals surface area contributed by atoms with Crippen LogP contribution in [0.25, 0.3) is 0 Å². The van der Waals surface area contributed by atoms with Crippen molar-refractivity contribution >= 4 is 23.2 Å². The molecule has 1 amide bonds. The molecule has 2 aliphatic carbocycles. The molecule has 7 nitrogen and oxygen atoms in total. The number of thiazole rings is 1. The van der Waals surface area contributed by atoms with Crippen LogP contribution in [0.15, 0.2) is 5.38 Å². The van der Waals surface area contributed by atoms with Gasteiger partial charge < -0.3 is 19.5 Å². The summed E-state index contributed by atoms with van der Waals surface area (Å²) in [6.07, 6.45) is -0.873. The molecular weight excluding hydrogens is 413 g/mol. The molecule has 0 bridgehead atoms. The fourth-order valence-corrected chi connectivity index (χ4v) is 4.20. The van der Waals surface area contributed by atoms with E-state index < -0.39 is 12.1 Å². The number of carbonyl (C=O) groups excluding carboxylic acids is 1. The number of carboxylic acid groups (broad SMARTS) is 1. The summed E-state index contributed by atoms with van der Waals surface area (Å²) in [6, 6.07) is 0.212. The maximum Gasteiger partial charge on any atom is 0.490 e. The topological polar surface area (TPSA) is 89.0 Å². The zero-order valence-electron chi connectivity index (χ0n) is 15.9. The van der Waals surface area contributed by atoms with E-state index in [1.54, 1.807) is 11.3 Å². The second-order valence-electron chi connectivity index (χ2n) is 7.30. The second-order valence-corrected chi connectivity index (χ2v) is 8.36. The van der Waals surface area contributed by atoms with Gasteiger partial charge in [-0.05, 0) is 32.6 Å². The molecule has 0 spiro atoms. The predicted octanol–water partition coefficient (Wildman–Crippen LogP) is 2.77. The Morgan fingerprint density at radius 3 is 2.59 bits per heavy atom. The first-order valence-electron chi connectivity index (χ1n) is 9.41. The summed E-state index contributed by atoms with van der Waals surface area (Å²) in [6.45, 7) is 3.92. The summed E-state index contributed by atoms with van der Waals surface area (Å²) in [7, 11) is 0. The summed E-state index contributed by atoms with van der Waals surface area (Å²) in [5, 5.41) is 10.2. The number of aryl methyl sites for hydroxylation is 1. The molecule has 3 aliphatic rings. The number of ether oxygens (including phenoxy) is 2. The molecule has 0 unspecified atom stereocenters. The van der Waals surface area contributed by atoms with Crippen molar-refractivity contribution < 1.29 is 37.3 Å². The molecule has 3 atom stereocenters. The van der Waals surface area contributed by atoms with Gasteiger partial charge in [0.15, 0.2) is 0 Å². The number of halogens is 3. The van der Waals surface area contributed by atoms with Gasteiger partial charge in [0.1, 0.15) is 6.10 Å². The summed E-state index contributed by atoms with van der Waals surface area (Å²) in [4.78, 5) is 27.8. The molecule has 0 radical (unpaired) electrons. The highest BCUT2D eigenvalue weighted by Crippen LogP contribution is 2.37. The van der Waals surface area contributed by atoms with Gasteiger partial charge in [0.2, 0.25) is 5.91 Å². The van der Waals surface area contributed by atoms with Crippen molar-refractivity contribution in [2.75, 3.05) is 13.2 Å². The number of rotatable bonds is 4. The van der Waals surface area contributed by atoms with Gasteiger partial charge in [-0.3, -0.25) is 4.79 Å². The van der Waals surface area contributed by atoms with Crippen molar-refractivity contribution in [3.8, 4) is 0 Å². The smallest absolute Gasteiger partial charge is 0.475 e. The number of alkyl halides is 3. The Morgan fingerprint density at radius 2 is 2.03 bits per heavy atom. The Hall–Kier alpha value is -1.72. The van der Waals surface area contributed by atoms with Crippen molar-refractivity contribution in [1.29, 1.82) is 0 Å². The highest BCUT2D eigenvalue weighted by molar-refractivity contribution is 7.09. The van der Waals surface area contributed by atoms with Crippen molar-refractivity contribution in [2.24, 2.45) is 5.92 Å². The second kappa shape index (κ2) is 8.97. The van der Waals surface area contributed by atoms with Crippen LogP contribution in [0.5, 0.6) is 0 Å². The van der Waals surface area contributed by atoms with Crippen molar-refractivity contribution in [3.05, 3.63) is 16.1 Å². The van der Waals surface area contributed by atoms with Gasteiger partial charge in [-0.1, -0.05) is 0 Å². The number of amides is 1. The zero-order valence-corrected chi connectivity index (χ0v) is 16.7. The molecule has 1 aromatic heterocycles. The van der Waals surface area contributed by atoms with Gasteiger partial charge in [0.25, 0.3) is 0 Å². The third kappa shape index (κ3) is 5.67. The molecular formula is C18H23F3N2O5S. The Balaban J connectivity index is 0.000000298. The number of aliphatic carboxylic acids is 1.